The summed E-state index contributed by atoms with van der Waals surface area (Å²) in [6.07, 6.45) is 3.15. The van der Waals surface area contributed by atoms with Gasteiger partial charge in [-0.1, -0.05) is 29.8 Å². The number of hydrogen-bond acceptors (Lipinski definition) is 5. The van der Waals surface area contributed by atoms with Crippen molar-refractivity contribution in [3.05, 3.63) is 99.6 Å². The molecule has 3 aliphatic heterocycles. The Balaban J connectivity index is 1.10. The summed E-state index contributed by atoms with van der Waals surface area (Å²) < 4.78 is 44.0. The molecule has 0 bridgehead atoms. The van der Waals surface area contributed by atoms with E-state index in [0.29, 0.717) is 24.4 Å². The Morgan fingerprint density at radius 1 is 1.05 bits per heavy atom. The van der Waals surface area contributed by atoms with Crippen molar-refractivity contribution < 1.29 is 28.2 Å². The predicted molar refractivity (Wildman–Crippen MR) is 159 cm³/mol. The van der Waals surface area contributed by atoms with Gasteiger partial charge in [-0.05, 0) is 86.3 Å². The smallest absolute Gasteiger partial charge is 0.335 e. The van der Waals surface area contributed by atoms with Crippen LogP contribution in [0.25, 0.3) is 16.9 Å². The van der Waals surface area contributed by atoms with Crippen molar-refractivity contribution in [3.63, 3.8) is 0 Å². The molecule has 2 fully saturated rings. The Morgan fingerprint density at radius 2 is 1.86 bits per heavy atom. The number of carboxylic acid groups (broad SMARTS) is 1. The highest BCUT2D eigenvalue weighted by Gasteiger charge is 2.31. The van der Waals surface area contributed by atoms with E-state index in [2.05, 4.69) is 9.47 Å². The standard InChI is InChI=1S/C33H30ClF2N3O4/c34-21-5-6-24(26(35)15-21)30-16-27(36)25-3-1-2-23(32(25)43-30)19-8-11-38(12-9-19)18-31-37-28-7-4-20(33(40)41)14-29(28)39(31)17-22-10-13-42-22/h1-7,14-16,19,22,30H,8-13,17-18H2,(H,40,41)/t22-,30+/m0/s1. The van der Waals surface area contributed by atoms with E-state index in [0.717, 1.165) is 61.4 Å². The summed E-state index contributed by atoms with van der Waals surface area (Å²) in [4.78, 5) is 18.8. The quantitative estimate of drug-likeness (QED) is 0.241. The first kappa shape index (κ1) is 28.0. The first-order chi connectivity index (χ1) is 20.8. The number of imidazole rings is 1. The Hall–Kier alpha value is -3.79. The zero-order valence-corrected chi connectivity index (χ0v) is 24.1. The largest absolute Gasteiger partial charge is 0.480 e. The summed E-state index contributed by atoms with van der Waals surface area (Å²) >= 11 is 5.93. The van der Waals surface area contributed by atoms with Gasteiger partial charge in [0.15, 0.2) is 0 Å². The normalized spacial score (nSPS) is 20.8. The third-order valence-electron chi connectivity index (χ3n) is 8.76. The minimum Gasteiger partial charge on any atom is -0.480 e. The number of aromatic nitrogens is 2. The fourth-order valence-electron chi connectivity index (χ4n) is 6.33. The van der Waals surface area contributed by atoms with Crippen molar-refractivity contribution in [3.8, 4) is 5.75 Å². The summed E-state index contributed by atoms with van der Waals surface area (Å²) in [5.74, 6) is -0.438. The zero-order chi connectivity index (χ0) is 29.7. The monoisotopic (exact) mass is 605 g/mol. The molecular formula is C33H30ClF2N3O4. The molecule has 0 radical (unpaired) electrons. The van der Waals surface area contributed by atoms with Gasteiger partial charge in [-0.3, -0.25) is 4.90 Å². The van der Waals surface area contributed by atoms with Crippen molar-refractivity contribution in [2.75, 3.05) is 19.7 Å². The minimum atomic E-state index is -0.967. The minimum absolute atomic E-state index is 0.0965. The van der Waals surface area contributed by atoms with E-state index >= 15 is 4.39 Å². The molecule has 43 heavy (non-hydrogen) atoms. The van der Waals surface area contributed by atoms with Crippen LogP contribution in [0.4, 0.5) is 8.78 Å². The van der Waals surface area contributed by atoms with Crippen LogP contribution in [-0.2, 0) is 17.8 Å². The first-order valence-corrected chi connectivity index (χ1v) is 14.9. The number of carboxylic acids is 1. The molecule has 1 N–H and O–H groups in total. The average Bonchev–Trinajstić information content (AvgIpc) is 3.31. The third-order valence-corrected chi connectivity index (χ3v) is 9.00. The van der Waals surface area contributed by atoms with Crippen LogP contribution in [0.3, 0.4) is 0 Å². The number of rotatable bonds is 7. The Morgan fingerprint density at radius 3 is 2.58 bits per heavy atom. The Bertz CT molecular complexity index is 1740. The predicted octanol–water partition coefficient (Wildman–Crippen LogP) is 7.14. The molecule has 0 unspecified atom stereocenters. The van der Waals surface area contributed by atoms with Crippen molar-refractivity contribution in [2.45, 2.75) is 50.5 Å². The summed E-state index contributed by atoms with van der Waals surface area (Å²) in [5, 5.41) is 9.80. The molecule has 0 amide bonds. The second-order valence-electron chi connectivity index (χ2n) is 11.4. The lowest BCUT2D eigenvalue weighted by Crippen LogP contribution is -2.35. The number of ether oxygens (including phenoxy) is 2. The molecule has 3 aliphatic rings. The zero-order valence-electron chi connectivity index (χ0n) is 23.3. The molecule has 2 saturated heterocycles. The topological polar surface area (TPSA) is 76.8 Å². The number of benzene rings is 3. The highest BCUT2D eigenvalue weighted by molar-refractivity contribution is 6.30. The van der Waals surface area contributed by atoms with Gasteiger partial charge in [0.2, 0.25) is 0 Å². The molecule has 222 valence electrons. The van der Waals surface area contributed by atoms with Gasteiger partial charge in [-0.25, -0.2) is 18.6 Å². The molecular weight excluding hydrogens is 576 g/mol. The number of carbonyl (C=O) groups is 1. The van der Waals surface area contributed by atoms with E-state index < -0.39 is 23.7 Å². The number of aromatic carboxylic acids is 1. The summed E-state index contributed by atoms with van der Waals surface area (Å²) in [7, 11) is 0. The number of likely N-dealkylation sites (tertiary alicyclic amines) is 1. The van der Waals surface area contributed by atoms with Crippen LogP contribution in [0, 0.1) is 5.82 Å². The van der Waals surface area contributed by atoms with Gasteiger partial charge >= 0.3 is 5.97 Å². The van der Waals surface area contributed by atoms with Gasteiger partial charge in [-0.15, -0.1) is 0 Å². The van der Waals surface area contributed by atoms with Crippen LogP contribution in [0.1, 0.15) is 64.2 Å². The van der Waals surface area contributed by atoms with Crippen molar-refractivity contribution in [1.29, 1.82) is 0 Å². The number of piperidine rings is 1. The second kappa shape index (κ2) is 11.4. The van der Waals surface area contributed by atoms with Crippen LogP contribution in [-0.4, -0.2) is 51.3 Å². The molecule has 4 aromatic rings. The molecule has 0 saturated carbocycles. The van der Waals surface area contributed by atoms with E-state index in [1.807, 2.05) is 12.1 Å². The lowest BCUT2D eigenvalue weighted by molar-refractivity contribution is -0.0592. The van der Waals surface area contributed by atoms with Crippen LogP contribution in [0.5, 0.6) is 5.75 Å². The maximum Gasteiger partial charge on any atom is 0.335 e. The maximum absolute atomic E-state index is 15.3. The molecule has 2 atom stereocenters. The summed E-state index contributed by atoms with van der Waals surface area (Å²) in [6, 6.07) is 14.9. The fourth-order valence-corrected chi connectivity index (χ4v) is 6.49. The molecule has 10 heteroatoms. The number of hydrogen-bond donors (Lipinski definition) is 1. The number of nitrogens with zero attached hydrogens (tertiary/aromatic N) is 3. The van der Waals surface area contributed by atoms with Gasteiger partial charge in [0.1, 0.15) is 29.3 Å². The highest BCUT2D eigenvalue weighted by atomic mass is 35.5. The second-order valence-corrected chi connectivity index (χ2v) is 11.9. The van der Waals surface area contributed by atoms with Crippen LogP contribution in [0.2, 0.25) is 5.02 Å². The van der Waals surface area contributed by atoms with E-state index in [1.165, 1.54) is 18.2 Å². The van der Waals surface area contributed by atoms with Crippen molar-refractivity contribution >= 4 is 34.4 Å². The van der Waals surface area contributed by atoms with Crippen LogP contribution >= 0.6 is 11.6 Å². The van der Waals surface area contributed by atoms with E-state index in [9.17, 15) is 14.3 Å². The van der Waals surface area contributed by atoms with Gasteiger partial charge in [0.05, 0.1) is 41.4 Å². The van der Waals surface area contributed by atoms with Crippen molar-refractivity contribution in [2.24, 2.45) is 0 Å². The van der Waals surface area contributed by atoms with E-state index in [1.54, 1.807) is 30.3 Å². The number of para-hydroxylation sites is 1. The molecule has 7 nitrogen and oxygen atoms in total. The van der Waals surface area contributed by atoms with Crippen LogP contribution in [0.15, 0.2) is 60.7 Å². The molecule has 0 aliphatic carbocycles. The molecule has 1 aromatic heterocycles. The Labute approximate surface area is 252 Å². The van der Waals surface area contributed by atoms with Gasteiger partial charge in [-0.2, -0.15) is 0 Å². The molecule has 4 heterocycles. The van der Waals surface area contributed by atoms with E-state index in [-0.39, 0.29) is 28.2 Å². The number of halogens is 3. The van der Waals surface area contributed by atoms with E-state index in [4.69, 9.17) is 26.1 Å². The van der Waals surface area contributed by atoms with Crippen molar-refractivity contribution in [1.82, 2.24) is 14.5 Å². The summed E-state index contributed by atoms with van der Waals surface area (Å²) in [6.45, 7) is 3.59. The Kier molecular flexibility index (Phi) is 7.41. The first-order valence-electron chi connectivity index (χ1n) is 14.5. The van der Waals surface area contributed by atoms with Crippen LogP contribution < -0.4 is 4.74 Å². The number of fused-ring (bicyclic) bond motifs is 2. The van der Waals surface area contributed by atoms with Gasteiger partial charge in [0.25, 0.3) is 0 Å². The average molecular weight is 606 g/mol. The fraction of sp³-hybridized carbons (Fsp3) is 0.333. The SMILES string of the molecule is O=C(O)c1ccc2nc(CN3CCC(c4cccc5c4O[C@@H](c4ccc(Cl)cc4F)C=C5F)CC3)n(C[C@@H]3CCO3)c2c1. The maximum atomic E-state index is 15.3. The lowest BCUT2D eigenvalue weighted by Gasteiger charge is -2.34. The highest BCUT2D eigenvalue weighted by Crippen LogP contribution is 2.45. The van der Waals surface area contributed by atoms with Gasteiger partial charge < -0.3 is 19.1 Å². The van der Waals surface area contributed by atoms with Gasteiger partial charge in [0, 0.05) is 17.2 Å². The third kappa shape index (κ3) is 5.41. The molecule has 7 rings (SSSR count). The summed E-state index contributed by atoms with van der Waals surface area (Å²) in [5.41, 5.74) is 3.35. The molecule has 0 spiro atoms. The molecule has 3 aromatic carbocycles. The lowest BCUT2D eigenvalue weighted by atomic mass is 9.86.